The molecule has 1 aromatic carbocycles. The van der Waals surface area contributed by atoms with Gasteiger partial charge in [-0.1, -0.05) is 12.1 Å². The second-order valence-electron chi connectivity index (χ2n) is 4.17. The van der Waals surface area contributed by atoms with E-state index in [2.05, 4.69) is 11.4 Å². The average Bonchev–Trinajstić information content (AvgIpc) is 2.41. The second kappa shape index (κ2) is 5.58. The molecule has 1 fully saturated rings. The maximum Gasteiger partial charge on any atom is 0.269 e. The molecule has 1 heterocycles. The molecule has 1 N–H and O–H groups in total. The number of nitriles is 1. The predicted molar refractivity (Wildman–Crippen MR) is 65.9 cm³/mol. The number of nitrogens with zero attached hydrogens (tertiary/aromatic N) is 3. The van der Waals surface area contributed by atoms with Crippen molar-refractivity contribution in [1.29, 1.82) is 5.26 Å². The van der Waals surface area contributed by atoms with Crippen LogP contribution in [0.15, 0.2) is 24.3 Å². The van der Waals surface area contributed by atoms with Gasteiger partial charge in [0.05, 0.1) is 11.0 Å². The highest BCUT2D eigenvalue weighted by Crippen LogP contribution is 2.23. The molecule has 1 aliphatic heterocycles. The molecule has 18 heavy (non-hydrogen) atoms. The Balaban J connectivity index is 2.24. The molecule has 1 aromatic rings. The number of rotatable bonds is 3. The number of nitro groups is 1. The van der Waals surface area contributed by atoms with Crippen molar-refractivity contribution in [3.63, 3.8) is 0 Å². The number of hydrogen-bond acceptors (Lipinski definition) is 5. The van der Waals surface area contributed by atoms with E-state index in [9.17, 15) is 15.4 Å². The molecule has 0 aliphatic carbocycles. The smallest absolute Gasteiger partial charge is 0.269 e. The van der Waals surface area contributed by atoms with Crippen LogP contribution in [-0.4, -0.2) is 36.0 Å². The van der Waals surface area contributed by atoms with Gasteiger partial charge in [-0.15, -0.1) is 0 Å². The third-order valence-electron chi connectivity index (χ3n) is 3.04. The predicted octanol–water partition coefficient (Wildman–Crippen LogP) is 1.06. The molecular weight excluding hydrogens is 232 g/mol. The van der Waals surface area contributed by atoms with Crippen LogP contribution < -0.4 is 5.32 Å². The van der Waals surface area contributed by atoms with Crippen molar-refractivity contribution in [2.24, 2.45) is 0 Å². The maximum absolute atomic E-state index is 10.7. The van der Waals surface area contributed by atoms with Crippen LogP contribution in [0.1, 0.15) is 11.6 Å². The van der Waals surface area contributed by atoms with Gasteiger partial charge in [0.1, 0.15) is 6.04 Å². The first-order valence-electron chi connectivity index (χ1n) is 5.81. The van der Waals surface area contributed by atoms with Crippen molar-refractivity contribution >= 4 is 5.69 Å². The summed E-state index contributed by atoms with van der Waals surface area (Å²) in [6.45, 7) is 3.24. The van der Waals surface area contributed by atoms with Gasteiger partial charge in [-0.25, -0.2) is 0 Å². The Hall–Kier alpha value is -1.97. The fourth-order valence-electron chi connectivity index (χ4n) is 2.12. The Bertz CT molecular complexity index is 477. The zero-order valence-corrected chi connectivity index (χ0v) is 9.87. The summed E-state index contributed by atoms with van der Waals surface area (Å²) in [5, 5.41) is 23.2. The van der Waals surface area contributed by atoms with Crippen LogP contribution in [0.5, 0.6) is 0 Å². The first kappa shape index (κ1) is 12.5. The van der Waals surface area contributed by atoms with E-state index < -0.39 is 11.0 Å². The van der Waals surface area contributed by atoms with E-state index >= 15 is 0 Å². The molecule has 6 heteroatoms. The lowest BCUT2D eigenvalue weighted by atomic mass is 10.1. The van der Waals surface area contributed by atoms with Crippen LogP contribution in [0.4, 0.5) is 5.69 Å². The van der Waals surface area contributed by atoms with Crippen LogP contribution in [-0.2, 0) is 0 Å². The van der Waals surface area contributed by atoms with Crippen molar-refractivity contribution < 1.29 is 4.92 Å². The standard InChI is InChI=1S/C12H14N4O2/c13-9-12(15-6-4-14-5-7-15)10-2-1-3-11(8-10)16(17)18/h1-3,8,12,14H,4-7H2. The zero-order valence-electron chi connectivity index (χ0n) is 9.87. The average molecular weight is 246 g/mol. The third kappa shape index (κ3) is 2.64. The van der Waals surface area contributed by atoms with E-state index in [0.717, 1.165) is 26.2 Å². The lowest BCUT2D eigenvalue weighted by Crippen LogP contribution is -2.44. The monoisotopic (exact) mass is 246 g/mol. The molecule has 0 amide bonds. The molecule has 0 spiro atoms. The molecule has 94 valence electrons. The minimum atomic E-state index is -0.435. The molecule has 1 saturated heterocycles. The minimum absolute atomic E-state index is 0.0304. The molecule has 0 radical (unpaired) electrons. The van der Waals surface area contributed by atoms with Crippen molar-refractivity contribution in [1.82, 2.24) is 10.2 Å². The van der Waals surface area contributed by atoms with Crippen LogP contribution in [0.25, 0.3) is 0 Å². The lowest BCUT2D eigenvalue weighted by molar-refractivity contribution is -0.384. The van der Waals surface area contributed by atoms with Gasteiger partial charge in [0, 0.05) is 38.3 Å². The number of non-ortho nitro benzene ring substituents is 1. The number of hydrogen-bond donors (Lipinski definition) is 1. The third-order valence-corrected chi connectivity index (χ3v) is 3.04. The van der Waals surface area contributed by atoms with E-state index in [1.54, 1.807) is 12.1 Å². The van der Waals surface area contributed by atoms with Gasteiger partial charge >= 0.3 is 0 Å². The van der Waals surface area contributed by atoms with Crippen molar-refractivity contribution in [3.8, 4) is 6.07 Å². The highest BCUT2D eigenvalue weighted by Gasteiger charge is 2.23. The van der Waals surface area contributed by atoms with E-state index in [-0.39, 0.29) is 5.69 Å². The number of benzene rings is 1. The Morgan fingerprint density at radius 1 is 1.44 bits per heavy atom. The number of nitrogens with one attached hydrogen (secondary N) is 1. The summed E-state index contributed by atoms with van der Waals surface area (Å²) in [4.78, 5) is 12.3. The SMILES string of the molecule is N#CC(c1cccc([N+](=O)[O-])c1)N1CCNCC1. The second-order valence-corrected chi connectivity index (χ2v) is 4.17. The van der Waals surface area contributed by atoms with Gasteiger partial charge in [0.2, 0.25) is 0 Å². The summed E-state index contributed by atoms with van der Waals surface area (Å²) in [6, 6.07) is 8.13. The maximum atomic E-state index is 10.7. The minimum Gasteiger partial charge on any atom is -0.314 e. The highest BCUT2D eigenvalue weighted by atomic mass is 16.6. The summed E-state index contributed by atoms with van der Waals surface area (Å²) in [5.74, 6) is 0. The number of piperazine rings is 1. The summed E-state index contributed by atoms with van der Waals surface area (Å²) in [5.41, 5.74) is 0.719. The van der Waals surface area contributed by atoms with Crippen molar-refractivity contribution in [2.45, 2.75) is 6.04 Å². The first-order chi connectivity index (χ1) is 8.72. The van der Waals surface area contributed by atoms with Crippen LogP contribution >= 0.6 is 0 Å². The Labute approximate surface area is 105 Å². The molecule has 2 rings (SSSR count). The number of nitro benzene ring substituents is 1. The van der Waals surface area contributed by atoms with Crippen molar-refractivity contribution in [2.75, 3.05) is 26.2 Å². The van der Waals surface area contributed by atoms with Crippen LogP contribution in [0.2, 0.25) is 0 Å². The Kier molecular flexibility index (Phi) is 3.87. The Morgan fingerprint density at radius 3 is 2.78 bits per heavy atom. The van der Waals surface area contributed by atoms with Gasteiger partial charge in [0.15, 0.2) is 0 Å². The van der Waals surface area contributed by atoms with Crippen LogP contribution in [0, 0.1) is 21.4 Å². The fourth-order valence-corrected chi connectivity index (χ4v) is 2.12. The molecule has 6 nitrogen and oxygen atoms in total. The van der Waals surface area contributed by atoms with Gasteiger partial charge < -0.3 is 5.32 Å². The molecule has 1 atom stereocenters. The van der Waals surface area contributed by atoms with Gasteiger partial charge in [0.25, 0.3) is 5.69 Å². The quantitative estimate of drug-likeness (QED) is 0.637. The van der Waals surface area contributed by atoms with E-state index in [4.69, 9.17) is 0 Å². The van der Waals surface area contributed by atoms with Crippen LogP contribution in [0.3, 0.4) is 0 Å². The molecule has 0 bridgehead atoms. The van der Waals surface area contributed by atoms with Gasteiger partial charge in [-0.2, -0.15) is 5.26 Å². The summed E-state index contributed by atoms with van der Waals surface area (Å²) in [6.07, 6.45) is 0. The zero-order chi connectivity index (χ0) is 13.0. The highest BCUT2D eigenvalue weighted by molar-refractivity contribution is 5.37. The van der Waals surface area contributed by atoms with Crippen molar-refractivity contribution in [3.05, 3.63) is 39.9 Å². The fraction of sp³-hybridized carbons (Fsp3) is 0.417. The normalized spacial score (nSPS) is 17.9. The largest absolute Gasteiger partial charge is 0.314 e. The van der Waals surface area contributed by atoms with E-state index in [1.807, 2.05) is 4.90 Å². The summed E-state index contributed by atoms with van der Waals surface area (Å²) in [7, 11) is 0. The summed E-state index contributed by atoms with van der Waals surface area (Å²) < 4.78 is 0. The lowest BCUT2D eigenvalue weighted by Gasteiger charge is -2.31. The first-order valence-corrected chi connectivity index (χ1v) is 5.81. The van der Waals surface area contributed by atoms with Gasteiger partial charge in [-0.05, 0) is 5.56 Å². The topological polar surface area (TPSA) is 82.2 Å². The van der Waals surface area contributed by atoms with Gasteiger partial charge in [-0.3, -0.25) is 15.0 Å². The Morgan fingerprint density at radius 2 is 2.17 bits per heavy atom. The molecule has 1 aliphatic rings. The summed E-state index contributed by atoms with van der Waals surface area (Å²) >= 11 is 0. The molecular formula is C12H14N4O2. The molecule has 1 unspecified atom stereocenters. The molecule has 0 aromatic heterocycles. The molecule has 0 saturated carbocycles. The van der Waals surface area contributed by atoms with E-state index in [1.165, 1.54) is 12.1 Å². The van der Waals surface area contributed by atoms with E-state index in [0.29, 0.717) is 5.56 Å².